The second-order valence-corrected chi connectivity index (χ2v) is 4.64. The third-order valence-electron chi connectivity index (χ3n) is 2.52. The van der Waals surface area contributed by atoms with Gasteiger partial charge in [-0.25, -0.2) is 4.98 Å². The number of fused-ring (bicyclic) bond motifs is 1. The quantitative estimate of drug-likeness (QED) is 0.878. The van der Waals surface area contributed by atoms with E-state index < -0.39 is 0 Å². The van der Waals surface area contributed by atoms with Gasteiger partial charge in [0.25, 0.3) is 5.91 Å². The molecule has 2 aromatic rings. The van der Waals surface area contributed by atoms with Gasteiger partial charge in [-0.05, 0) is 25.0 Å². The van der Waals surface area contributed by atoms with Crippen molar-refractivity contribution in [3.63, 3.8) is 0 Å². The van der Waals surface area contributed by atoms with Crippen LogP contribution in [-0.4, -0.2) is 21.8 Å². The number of hydrogen-bond acceptors (Lipinski definition) is 2. The Kier molecular flexibility index (Phi) is 3.13. The summed E-state index contributed by atoms with van der Waals surface area (Å²) in [5.74, 6) is 0.384. The molecule has 0 fully saturated rings. The van der Waals surface area contributed by atoms with Crippen molar-refractivity contribution in [2.24, 2.45) is 5.92 Å². The van der Waals surface area contributed by atoms with Crippen molar-refractivity contribution in [1.82, 2.24) is 14.7 Å². The third kappa shape index (κ3) is 2.46. The maximum Gasteiger partial charge on any atom is 0.255 e. The van der Waals surface area contributed by atoms with Crippen LogP contribution in [0.2, 0.25) is 0 Å². The molecule has 4 nitrogen and oxygen atoms in total. The lowest BCUT2D eigenvalue weighted by atomic mass is 10.2. The summed E-state index contributed by atoms with van der Waals surface area (Å²) in [6, 6.07) is 3.66. The molecule has 0 aliphatic carbocycles. The zero-order valence-electron chi connectivity index (χ0n) is 10.4. The molecule has 4 heteroatoms. The highest BCUT2D eigenvalue weighted by Crippen LogP contribution is 2.10. The molecule has 0 spiro atoms. The monoisotopic (exact) mass is 231 g/mol. The van der Waals surface area contributed by atoms with Gasteiger partial charge in [0.1, 0.15) is 5.65 Å². The molecule has 0 saturated carbocycles. The van der Waals surface area contributed by atoms with Gasteiger partial charge < -0.3 is 9.72 Å². The van der Waals surface area contributed by atoms with E-state index in [0.29, 0.717) is 23.7 Å². The van der Waals surface area contributed by atoms with Crippen LogP contribution in [0.3, 0.4) is 0 Å². The second-order valence-electron chi connectivity index (χ2n) is 4.64. The fraction of sp³-hybridized carbons (Fsp3) is 0.385. The predicted molar refractivity (Wildman–Crippen MR) is 67.1 cm³/mol. The highest BCUT2D eigenvalue weighted by atomic mass is 16.1. The maximum absolute atomic E-state index is 12.0. The molecule has 0 aliphatic heterocycles. The van der Waals surface area contributed by atoms with Gasteiger partial charge in [-0.2, -0.15) is 0 Å². The van der Waals surface area contributed by atoms with Gasteiger partial charge in [-0.1, -0.05) is 13.8 Å². The van der Waals surface area contributed by atoms with Crippen molar-refractivity contribution < 1.29 is 4.79 Å². The first-order chi connectivity index (χ1) is 8.08. The molecule has 90 valence electrons. The molecule has 1 N–H and O–H groups in total. The van der Waals surface area contributed by atoms with E-state index in [1.54, 1.807) is 6.07 Å². The van der Waals surface area contributed by atoms with E-state index in [-0.39, 0.29) is 5.91 Å². The number of nitrogens with one attached hydrogen (secondary N) is 1. The minimum atomic E-state index is -0.0603. The Morgan fingerprint density at radius 3 is 3.00 bits per heavy atom. The average molecular weight is 231 g/mol. The van der Waals surface area contributed by atoms with Gasteiger partial charge in [-0.3, -0.25) is 4.79 Å². The van der Waals surface area contributed by atoms with Crippen LogP contribution in [-0.2, 0) is 0 Å². The Balaban J connectivity index is 2.31. The van der Waals surface area contributed by atoms with Gasteiger partial charge in [0, 0.05) is 18.9 Å². The van der Waals surface area contributed by atoms with Crippen molar-refractivity contribution in [1.29, 1.82) is 0 Å². The molecule has 2 rings (SSSR count). The standard InChI is InChI=1S/C13H17N3O/c1-9(2)7-14-13(17)11-5-4-6-16-8-10(3)15-12(11)16/h4-6,8-9H,7H2,1-3H3,(H,14,17). The van der Waals surface area contributed by atoms with Crippen molar-refractivity contribution >= 4 is 11.6 Å². The number of nitrogens with zero attached hydrogens (tertiary/aromatic N) is 2. The van der Waals surface area contributed by atoms with Crippen LogP contribution in [0.4, 0.5) is 0 Å². The van der Waals surface area contributed by atoms with E-state index in [4.69, 9.17) is 0 Å². The van der Waals surface area contributed by atoms with Gasteiger partial charge in [-0.15, -0.1) is 0 Å². The smallest absolute Gasteiger partial charge is 0.255 e. The van der Waals surface area contributed by atoms with Gasteiger partial charge in [0.15, 0.2) is 0 Å². The van der Waals surface area contributed by atoms with Crippen LogP contribution < -0.4 is 5.32 Å². The van der Waals surface area contributed by atoms with Gasteiger partial charge in [0.05, 0.1) is 11.3 Å². The Labute approximate surface area is 101 Å². The molecule has 0 atom stereocenters. The highest BCUT2D eigenvalue weighted by Gasteiger charge is 2.11. The Morgan fingerprint density at radius 1 is 1.53 bits per heavy atom. The second kappa shape index (κ2) is 4.57. The fourth-order valence-electron chi connectivity index (χ4n) is 1.70. The molecule has 2 heterocycles. The number of hydrogen-bond donors (Lipinski definition) is 1. The number of carbonyl (C=O) groups excluding carboxylic acids is 1. The molecule has 0 saturated heterocycles. The summed E-state index contributed by atoms with van der Waals surface area (Å²) < 4.78 is 1.87. The number of aromatic nitrogens is 2. The number of imidazole rings is 1. The van der Waals surface area contributed by atoms with E-state index >= 15 is 0 Å². The van der Waals surface area contributed by atoms with Crippen LogP contribution in [0.1, 0.15) is 29.9 Å². The summed E-state index contributed by atoms with van der Waals surface area (Å²) in [5, 5.41) is 2.91. The Morgan fingerprint density at radius 2 is 2.29 bits per heavy atom. The van der Waals surface area contributed by atoms with E-state index in [0.717, 1.165) is 5.69 Å². The van der Waals surface area contributed by atoms with Crippen LogP contribution >= 0.6 is 0 Å². The minimum Gasteiger partial charge on any atom is -0.352 e. The first-order valence-corrected chi connectivity index (χ1v) is 5.80. The number of amides is 1. The van der Waals surface area contributed by atoms with Crippen molar-refractivity contribution in [3.8, 4) is 0 Å². The zero-order chi connectivity index (χ0) is 12.4. The number of carbonyl (C=O) groups is 1. The van der Waals surface area contributed by atoms with E-state index in [9.17, 15) is 4.79 Å². The summed E-state index contributed by atoms with van der Waals surface area (Å²) in [6.07, 6.45) is 3.81. The molecule has 0 aliphatic rings. The normalized spacial score (nSPS) is 11.1. The molecule has 0 unspecified atom stereocenters. The highest BCUT2D eigenvalue weighted by molar-refractivity contribution is 5.99. The van der Waals surface area contributed by atoms with Gasteiger partial charge in [0.2, 0.25) is 0 Å². The largest absolute Gasteiger partial charge is 0.352 e. The topological polar surface area (TPSA) is 46.4 Å². The lowest BCUT2D eigenvalue weighted by Crippen LogP contribution is -2.27. The lowest BCUT2D eigenvalue weighted by molar-refractivity contribution is 0.0950. The molecule has 2 aromatic heterocycles. The number of rotatable bonds is 3. The van der Waals surface area contributed by atoms with E-state index in [1.165, 1.54) is 0 Å². The lowest BCUT2D eigenvalue weighted by Gasteiger charge is -2.08. The molecule has 0 bridgehead atoms. The van der Waals surface area contributed by atoms with Gasteiger partial charge >= 0.3 is 0 Å². The Bertz CT molecular complexity index is 543. The van der Waals surface area contributed by atoms with E-state index in [2.05, 4.69) is 24.1 Å². The molecule has 0 radical (unpaired) electrons. The summed E-state index contributed by atoms with van der Waals surface area (Å²) in [7, 11) is 0. The van der Waals surface area contributed by atoms with Crippen LogP contribution in [0.25, 0.3) is 5.65 Å². The van der Waals surface area contributed by atoms with Crippen LogP contribution in [0.5, 0.6) is 0 Å². The molecular weight excluding hydrogens is 214 g/mol. The number of pyridine rings is 1. The minimum absolute atomic E-state index is 0.0603. The summed E-state index contributed by atoms with van der Waals surface area (Å²) >= 11 is 0. The van der Waals surface area contributed by atoms with Crippen molar-refractivity contribution in [2.45, 2.75) is 20.8 Å². The molecular formula is C13H17N3O. The van der Waals surface area contributed by atoms with Crippen molar-refractivity contribution in [2.75, 3.05) is 6.54 Å². The summed E-state index contributed by atoms with van der Waals surface area (Å²) in [6.45, 7) is 6.74. The average Bonchev–Trinajstić information content (AvgIpc) is 2.65. The third-order valence-corrected chi connectivity index (χ3v) is 2.52. The first-order valence-electron chi connectivity index (χ1n) is 5.80. The van der Waals surface area contributed by atoms with Crippen LogP contribution in [0, 0.1) is 12.8 Å². The summed E-state index contributed by atoms with van der Waals surface area (Å²) in [5.41, 5.74) is 2.25. The predicted octanol–water partition coefficient (Wildman–Crippen LogP) is 2.03. The van der Waals surface area contributed by atoms with Crippen molar-refractivity contribution in [3.05, 3.63) is 35.8 Å². The molecule has 1 amide bonds. The number of aryl methyl sites for hydroxylation is 1. The van der Waals surface area contributed by atoms with Crippen LogP contribution in [0.15, 0.2) is 24.5 Å². The molecule has 0 aromatic carbocycles. The molecule has 17 heavy (non-hydrogen) atoms. The SMILES string of the molecule is Cc1cn2cccc(C(=O)NCC(C)C)c2n1. The zero-order valence-corrected chi connectivity index (χ0v) is 10.4. The van der Waals surface area contributed by atoms with E-state index in [1.807, 2.05) is 29.8 Å². The summed E-state index contributed by atoms with van der Waals surface area (Å²) in [4.78, 5) is 16.4. The fourth-order valence-corrected chi connectivity index (χ4v) is 1.70. The Hall–Kier alpha value is -1.84. The maximum atomic E-state index is 12.0. The first kappa shape index (κ1) is 11.6.